The topological polar surface area (TPSA) is 81.2 Å². The first kappa shape index (κ1) is 28.8. The summed E-state index contributed by atoms with van der Waals surface area (Å²) in [7, 11) is 0. The minimum absolute atomic E-state index is 0.0898. The van der Waals surface area contributed by atoms with E-state index < -0.39 is 0 Å². The van der Waals surface area contributed by atoms with Gasteiger partial charge in [-0.25, -0.2) is 9.59 Å². The molecule has 10 heteroatoms. The number of likely N-dealkylation sites (N-methyl/N-ethyl adjacent to an activating group) is 2. The summed E-state index contributed by atoms with van der Waals surface area (Å²) < 4.78 is 0. The van der Waals surface area contributed by atoms with Crippen LogP contribution >= 0.6 is 23.5 Å². The van der Waals surface area contributed by atoms with E-state index in [1.54, 1.807) is 9.80 Å². The number of nitrogens with zero attached hydrogens (tertiary/aromatic N) is 4. The predicted octanol–water partition coefficient (Wildman–Crippen LogP) is 3.85. The maximum absolute atomic E-state index is 12.3. The smallest absolute Gasteiger partial charge is 0.315 e. The van der Waals surface area contributed by atoms with Gasteiger partial charge in [-0.15, -0.1) is 0 Å². The Balaban J connectivity index is 1.59. The van der Waals surface area contributed by atoms with Crippen molar-refractivity contribution in [1.82, 2.24) is 19.6 Å². The highest BCUT2D eigenvalue weighted by Crippen LogP contribution is 2.28. The van der Waals surface area contributed by atoms with Crippen LogP contribution in [0.1, 0.15) is 54.4 Å². The average Bonchev–Trinajstić information content (AvgIpc) is 3.19. The van der Waals surface area contributed by atoms with Crippen LogP contribution in [0, 0.1) is 10.8 Å². The van der Waals surface area contributed by atoms with Crippen molar-refractivity contribution < 1.29 is 19.2 Å². The summed E-state index contributed by atoms with van der Waals surface area (Å²) >= 11 is 3.82. The molecular weight excluding hydrogens is 472 g/mol. The number of urea groups is 2. The summed E-state index contributed by atoms with van der Waals surface area (Å²) in [5.74, 6) is 3.93. The Kier molecular flexibility index (Phi) is 10.6. The summed E-state index contributed by atoms with van der Waals surface area (Å²) in [4.78, 5) is 54.9. The molecule has 0 bridgehead atoms. The second kappa shape index (κ2) is 12.5. The lowest BCUT2D eigenvalue weighted by Gasteiger charge is -2.29. The zero-order chi connectivity index (χ0) is 25.5. The van der Waals surface area contributed by atoms with E-state index in [4.69, 9.17) is 0 Å². The largest absolute Gasteiger partial charge is 0.327 e. The van der Waals surface area contributed by atoms with Gasteiger partial charge in [0.1, 0.15) is 13.1 Å². The number of carbonyl (C=O) groups excluding carboxylic acids is 4. The Morgan fingerprint density at radius 2 is 1.00 bits per heavy atom. The van der Waals surface area contributed by atoms with Gasteiger partial charge in [-0.05, 0) is 49.0 Å². The number of rotatable bonds is 15. The molecule has 6 amide bonds. The highest BCUT2D eigenvalue weighted by atomic mass is 32.2. The second-order valence-electron chi connectivity index (χ2n) is 10.6. The third-order valence-electron chi connectivity index (χ3n) is 6.41. The number of imide groups is 2. The van der Waals surface area contributed by atoms with Crippen molar-refractivity contribution in [2.75, 3.05) is 62.3 Å². The fraction of sp³-hybridized carbons (Fsp3) is 0.833. The molecule has 194 valence electrons. The van der Waals surface area contributed by atoms with Gasteiger partial charge in [-0.3, -0.25) is 19.4 Å². The van der Waals surface area contributed by atoms with E-state index in [1.165, 1.54) is 9.80 Å². The Labute approximate surface area is 213 Å². The normalized spacial score (nSPS) is 17.7. The molecule has 0 saturated carbocycles. The van der Waals surface area contributed by atoms with Gasteiger partial charge in [0, 0.05) is 37.7 Å². The zero-order valence-corrected chi connectivity index (χ0v) is 23.4. The monoisotopic (exact) mass is 514 g/mol. The van der Waals surface area contributed by atoms with Crippen molar-refractivity contribution >= 4 is 47.4 Å². The Hall–Kier alpha value is -1.42. The molecule has 0 aromatic heterocycles. The Bertz CT molecular complexity index is 697. The molecule has 2 aliphatic rings. The van der Waals surface area contributed by atoms with Gasteiger partial charge >= 0.3 is 12.1 Å². The van der Waals surface area contributed by atoms with Gasteiger partial charge in [0.25, 0.3) is 0 Å². The standard InChI is InChI=1S/C24H42N4O4S2/c1-7-25-15-19(29)27(21(25)31)17-23(3,4)9-11-33-13-14-34-12-10-24(5,6)18-28-20(30)16-26(8-2)22(28)32/h7-18H2,1-6H3. The van der Waals surface area contributed by atoms with Crippen LogP contribution in [0.2, 0.25) is 0 Å². The first-order chi connectivity index (χ1) is 15.9. The van der Waals surface area contributed by atoms with E-state index in [0.717, 1.165) is 35.9 Å². The van der Waals surface area contributed by atoms with Crippen molar-refractivity contribution in [3.05, 3.63) is 0 Å². The van der Waals surface area contributed by atoms with Gasteiger partial charge in [0.15, 0.2) is 0 Å². The lowest BCUT2D eigenvalue weighted by Crippen LogP contribution is -2.40. The van der Waals surface area contributed by atoms with Crippen LogP contribution in [-0.2, 0) is 9.59 Å². The van der Waals surface area contributed by atoms with E-state index in [2.05, 4.69) is 27.7 Å². The third kappa shape index (κ3) is 8.07. The number of carbonyl (C=O) groups is 4. The van der Waals surface area contributed by atoms with Crippen molar-refractivity contribution in [1.29, 1.82) is 0 Å². The summed E-state index contributed by atoms with van der Waals surface area (Å²) in [6.45, 7) is 14.8. The predicted molar refractivity (Wildman–Crippen MR) is 140 cm³/mol. The minimum atomic E-state index is -0.159. The van der Waals surface area contributed by atoms with E-state index in [1.807, 2.05) is 37.4 Å². The number of thioether (sulfide) groups is 2. The van der Waals surface area contributed by atoms with Crippen molar-refractivity contribution in [3.63, 3.8) is 0 Å². The fourth-order valence-corrected chi connectivity index (χ4v) is 6.77. The quantitative estimate of drug-likeness (QED) is 0.244. The molecule has 2 saturated heterocycles. The molecule has 0 aromatic carbocycles. The lowest BCUT2D eigenvalue weighted by molar-refractivity contribution is -0.127. The van der Waals surface area contributed by atoms with Crippen LogP contribution in [0.15, 0.2) is 0 Å². The number of amides is 6. The molecule has 0 atom stereocenters. The van der Waals surface area contributed by atoms with E-state index in [9.17, 15) is 19.2 Å². The third-order valence-corrected chi connectivity index (χ3v) is 8.64. The molecule has 2 rings (SSSR count). The molecule has 0 aliphatic carbocycles. The van der Waals surface area contributed by atoms with Crippen LogP contribution in [0.4, 0.5) is 9.59 Å². The summed E-state index contributed by atoms with van der Waals surface area (Å²) in [5, 5.41) is 0. The van der Waals surface area contributed by atoms with Crippen LogP contribution < -0.4 is 0 Å². The molecule has 34 heavy (non-hydrogen) atoms. The molecule has 8 nitrogen and oxygen atoms in total. The maximum atomic E-state index is 12.3. The SMILES string of the molecule is CCN1CC(=O)N(CC(C)(C)CCSCCSCCC(C)(C)CN2C(=O)CN(CC)C2=O)C1=O. The first-order valence-corrected chi connectivity index (χ1v) is 14.6. The maximum Gasteiger partial charge on any atom is 0.327 e. The van der Waals surface area contributed by atoms with Crippen LogP contribution in [0.25, 0.3) is 0 Å². The summed E-state index contributed by atoms with van der Waals surface area (Å²) in [5.41, 5.74) is -0.200. The molecule has 0 unspecified atom stereocenters. The number of hydrogen-bond donors (Lipinski definition) is 0. The molecule has 0 spiro atoms. The van der Waals surface area contributed by atoms with Gasteiger partial charge in [0.2, 0.25) is 11.8 Å². The molecule has 2 fully saturated rings. The Morgan fingerprint density at radius 3 is 1.29 bits per heavy atom. The molecule has 0 aromatic rings. The second-order valence-corrected chi connectivity index (χ2v) is 13.1. The fourth-order valence-electron chi connectivity index (χ4n) is 4.03. The van der Waals surface area contributed by atoms with Crippen molar-refractivity contribution in [2.45, 2.75) is 54.4 Å². The van der Waals surface area contributed by atoms with Crippen molar-refractivity contribution in [3.8, 4) is 0 Å². The molecule has 0 radical (unpaired) electrons. The minimum Gasteiger partial charge on any atom is -0.315 e. The van der Waals surface area contributed by atoms with Crippen LogP contribution in [-0.4, -0.2) is 106 Å². The Morgan fingerprint density at radius 1 is 0.647 bits per heavy atom. The summed E-state index contributed by atoms with van der Waals surface area (Å²) in [6.07, 6.45) is 1.90. The highest BCUT2D eigenvalue weighted by molar-refractivity contribution is 8.02. The van der Waals surface area contributed by atoms with E-state index in [0.29, 0.717) is 26.2 Å². The zero-order valence-electron chi connectivity index (χ0n) is 21.7. The first-order valence-electron chi connectivity index (χ1n) is 12.2. The van der Waals surface area contributed by atoms with Gasteiger partial charge in [0.05, 0.1) is 0 Å². The molecule has 0 N–H and O–H groups in total. The van der Waals surface area contributed by atoms with E-state index >= 15 is 0 Å². The molecular formula is C24H42N4O4S2. The van der Waals surface area contributed by atoms with Gasteiger partial charge in [-0.1, -0.05) is 27.7 Å². The average molecular weight is 515 g/mol. The van der Waals surface area contributed by atoms with Crippen LogP contribution in [0.3, 0.4) is 0 Å². The van der Waals surface area contributed by atoms with E-state index in [-0.39, 0.29) is 47.8 Å². The lowest BCUT2D eigenvalue weighted by atomic mass is 9.89. The summed E-state index contributed by atoms with van der Waals surface area (Å²) in [6, 6.07) is -0.317. The molecule has 2 heterocycles. The van der Waals surface area contributed by atoms with Crippen molar-refractivity contribution in [2.24, 2.45) is 10.8 Å². The highest BCUT2D eigenvalue weighted by Gasteiger charge is 2.39. The van der Waals surface area contributed by atoms with Crippen LogP contribution in [0.5, 0.6) is 0 Å². The number of hydrogen-bond acceptors (Lipinski definition) is 6. The molecule has 2 aliphatic heterocycles. The van der Waals surface area contributed by atoms with Gasteiger partial charge < -0.3 is 9.80 Å². The van der Waals surface area contributed by atoms with Gasteiger partial charge in [-0.2, -0.15) is 23.5 Å².